The van der Waals surface area contributed by atoms with Crippen LogP contribution in [0.4, 0.5) is 4.79 Å². The molecule has 64 heavy (non-hydrogen) atoms. The van der Waals surface area contributed by atoms with Crippen LogP contribution in [0.25, 0.3) is 44.2 Å². The molecule has 5 aromatic rings. The van der Waals surface area contributed by atoms with E-state index in [1.165, 1.54) is 28.4 Å². The smallest absolute Gasteiger partial charge is 0.407 e. The fourth-order valence-electron chi connectivity index (χ4n) is 9.64. The van der Waals surface area contributed by atoms with Crippen molar-refractivity contribution in [1.82, 2.24) is 35.1 Å². The zero-order chi connectivity index (χ0) is 45.4. The van der Waals surface area contributed by atoms with Crippen molar-refractivity contribution in [2.45, 2.75) is 89.4 Å². The molecule has 5 heterocycles. The minimum absolute atomic E-state index is 0.0396. The molecule has 3 amide bonds. The highest BCUT2D eigenvalue weighted by atomic mass is 16.5. The Morgan fingerprint density at radius 2 is 1.69 bits per heavy atom. The van der Waals surface area contributed by atoms with E-state index >= 15 is 0 Å². The van der Waals surface area contributed by atoms with Crippen molar-refractivity contribution in [2.75, 3.05) is 48.7 Å². The van der Waals surface area contributed by atoms with E-state index in [-0.39, 0.29) is 36.2 Å². The normalized spacial score (nSPS) is 21.2. The van der Waals surface area contributed by atoms with Crippen LogP contribution < -0.4 is 10.1 Å². The number of ether oxygens (including phenoxy) is 6. The number of esters is 1. The average molecular weight is 880 g/mol. The van der Waals surface area contributed by atoms with Crippen LogP contribution in [0, 0.1) is 11.8 Å². The number of fused-ring (bicyclic) bond motifs is 6. The summed E-state index contributed by atoms with van der Waals surface area (Å²) in [6, 6.07) is 12.8. The van der Waals surface area contributed by atoms with Crippen LogP contribution in [0.1, 0.15) is 75.8 Å². The minimum atomic E-state index is -0.972. The van der Waals surface area contributed by atoms with E-state index in [4.69, 9.17) is 38.4 Å². The second kappa shape index (κ2) is 18.6. The zero-order valence-electron chi connectivity index (χ0n) is 37.6. The van der Waals surface area contributed by atoms with E-state index in [0.29, 0.717) is 37.8 Å². The van der Waals surface area contributed by atoms with Gasteiger partial charge in [0.25, 0.3) is 0 Å². The predicted octanol–water partition coefficient (Wildman–Crippen LogP) is 6.23. The lowest BCUT2D eigenvalue weighted by Crippen LogP contribution is -2.54. The molecule has 0 saturated carbocycles. The molecule has 8 rings (SSSR count). The standard InChI is InChI=1S/C47H57N7O10/c1-24-9-14-37(54(24)45(56)32(25(2)60-5)19-40(55)62-7)43-48-20-36(50-43)29-10-12-31-30(16-29)23-64-39-18-33-28(17-34(31)39)11-13-35-42(33)51-44(49-35)38-15-27(22-59-4)21-53(38)46(57)41(26(3)61-6)52-47(58)63-8/h10-13,16-18,20,24-27,32,37-38,41H,9,14-15,19,21-23H2,1-8H3,(H,48,50)(H,49,51)(H,52,58)/t24-,25+,26+,27-,32-,37-,38-,41-/m0/s1. The number of imidazole rings is 2. The van der Waals surface area contributed by atoms with Gasteiger partial charge < -0.3 is 53.5 Å². The van der Waals surface area contributed by atoms with E-state index in [2.05, 4.69) is 45.6 Å². The molecule has 0 aliphatic carbocycles. The fraction of sp³-hybridized carbons (Fsp3) is 0.489. The first kappa shape index (κ1) is 44.6. The lowest BCUT2D eigenvalue weighted by atomic mass is 9.92. The maximum Gasteiger partial charge on any atom is 0.407 e. The molecule has 17 nitrogen and oxygen atoms in total. The van der Waals surface area contributed by atoms with Crippen LogP contribution in [-0.4, -0.2) is 127 Å². The number of H-pyrrole nitrogens is 2. The topological polar surface area (TPSA) is 200 Å². The van der Waals surface area contributed by atoms with Crippen molar-refractivity contribution >= 4 is 45.7 Å². The van der Waals surface area contributed by atoms with Crippen molar-refractivity contribution in [2.24, 2.45) is 11.8 Å². The van der Waals surface area contributed by atoms with Gasteiger partial charge in [0.2, 0.25) is 11.8 Å². The van der Waals surface area contributed by atoms with E-state index < -0.39 is 42.3 Å². The molecule has 8 atom stereocenters. The molecule has 340 valence electrons. The van der Waals surface area contributed by atoms with Gasteiger partial charge in [-0.3, -0.25) is 14.4 Å². The average Bonchev–Trinajstić information content (AvgIpc) is 4.14. The Bertz CT molecular complexity index is 2560. The molecule has 0 radical (unpaired) electrons. The van der Waals surface area contributed by atoms with Crippen molar-refractivity contribution in [3.8, 4) is 28.1 Å². The van der Waals surface area contributed by atoms with Crippen LogP contribution in [0.5, 0.6) is 5.75 Å². The number of rotatable bonds is 14. The molecule has 2 saturated heterocycles. The Labute approximate surface area is 371 Å². The predicted molar refractivity (Wildman–Crippen MR) is 236 cm³/mol. The number of nitrogens with one attached hydrogen (secondary N) is 3. The molecule has 3 aliphatic heterocycles. The number of aromatic nitrogens is 4. The lowest BCUT2D eigenvalue weighted by molar-refractivity contribution is -0.152. The minimum Gasteiger partial charge on any atom is -0.488 e. The molecule has 0 spiro atoms. The first-order valence-corrected chi connectivity index (χ1v) is 21.7. The number of hydrogen-bond donors (Lipinski definition) is 3. The number of carbonyl (C=O) groups excluding carboxylic acids is 4. The molecule has 17 heteroatoms. The summed E-state index contributed by atoms with van der Waals surface area (Å²) in [7, 11) is 7.25. The number of benzene rings is 3. The number of nitrogens with zero attached hydrogens (tertiary/aromatic N) is 4. The number of hydrogen-bond acceptors (Lipinski definition) is 12. The van der Waals surface area contributed by atoms with Crippen LogP contribution in [0.15, 0.2) is 48.7 Å². The zero-order valence-corrected chi connectivity index (χ0v) is 37.6. The monoisotopic (exact) mass is 879 g/mol. The number of likely N-dealkylation sites (tertiary alicyclic amines) is 2. The van der Waals surface area contributed by atoms with Gasteiger partial charge in [0.05, 0.1) is 80.4 Å². The molecule has 2 fully saturated rings. The molecule has 3 N–H and O–H groups in total. The highest BCUT2D eigenvalue weighted by Gasteiger charge is 2.44. The quantitative estimate of drug-likeness (QED) is 0.107. The number of methoxy groups -OCH3 is 5. The molecule has 3 aromatic carbocycles. The molecule has 0 unspecified atom stereocenters. The van der Waals surface area contributed by atoms with E-state index in [0.717, 1.165) is 68.3 Å². The van der Waals surface area contributed by atoms with Gasteiger partial charge in [-0.1, -0.05) is 18.2 Å². The Kier molecular flexibility index (Phi) is 12.9. The highest BCUT2D eigenvalue weighted by molar-refractivity contribution is 6.07. The molecule has 2 aromatic heterocycles. The third-order valence-electron chi connectivity index (χ3n) is 13.3. The van der Waals surface area contributed by atoms with E-state index in [1.54, 1.807) is 32.1 Å². The van der Waals surface area contributed by atoms with Crippen molar-refractivity contribution < 1.29 is 47.6 Å². The van der Waals surface area contributed by atoms with E-state index in [1.807, 2.05) is 24.0 Å². The number of carbonyl (C=O) groups is 4. The Balaban J connectivity index is 1.05. The molecule has 3 aliphatic rings. The van der Waals surface area contributed by atoms with Gasteiger partial charge in [0.1, 0.15) is 30.0 Å². The summed E-state index contributed by atoms with van der Waals surface area (Å²) in [6.45, 7) is 6.79. The van der Waals surface area contributed by atoms with Gasteiger partial charge in [0, 0.05) is 50.8 Å². The summed E-state index contributed by atoms with van der Waals surface area (Å²) in [5.74, 6) is 0.531. The Morgan fingerprint density at radius 3 is 2.42 bits per heavy atom. The van der Waals surface area contributed by atoms with Crippen molar-refractivity contribution in [1.29, 1.82) is 0 Å². The summed E-state index contributed by atoms with van der Waals surface area (Å²) in [5, 5.41) is 4.55. The molecular formula is C47H57N7O10. The van der Waals surface area contributed by atoms with Crippen LogP contribution in [-0.2, 0) is 44.7 Å². The second-order valence-electron chi connectivity index (χ2n) is 17.1. The SMILES string of the molecule is COC[C@H]1C[C@@H](c2nc3c(ccc4cc5c(cc43)OCc3cc(-c4cnc([C@@H]6CC[C@H](C)N6C(=O)[C@@H](CC(=O)OC)[C@@H](C)OC)[nH]4)ccc3-5)[nH]2)N(C(=O)[C@@H](NC(=O)OC)[C@@H](C)OC)C1. The second-order valence-corrected chi connectivity index (χ2v) is 17.1. The largest absolute Gasteiger partial charge is 0.488 e. The van der Waals surface area contributed by atoms with Gasteiger partial charge in [-0.2, -0.15) is 0 Å². The number of amides is 3. The van der Waals surface area contributed by atoms with Gasteiger partial charge in [-0.05, 0) is 86.4 Å². The summed E-state index contributed by atoms with van der Waals surface area (Å²) >= 11 is 0. The third kappa shape index (κ3) is 8.39. The maximum atomic E-state index is 14.1. The van der Waals surface area contributed by atoms with Crippen LogP contribution in [0.3, 0.4) is 0 Å². The molecule has 0 bridgehead atoms. The number of alkyl carbamates (subject to hydrolysis) is 1. The van der Waals surface area contributed by atoms with E-state index in [9.17, 15) is 19.2 Å². The first-order valence-electron chi connectivity index (χ1n) is 21.7. The number of aromatic amines is 2. The first-order chi connectivity index (χ1) is 30.9. The fourth-order valence-corrected chi connectivity index (χ4v) is 9.64. The Hall–Kier alpha value is -6.04. The maximum absolute atomic E-state index is 14.1. The van der Waals surface area contributed by atoms with Crippen molar-refractivity contribution in [3.05, 3.63) is 65.9 Å². The summed E-state index contributed by atoms with van der Waals surface area (Å²) in [5.41, 5.74) is 6.39. The third-order valence-corrected chi connectivity index (χ3v) is 13.3. The molecular weight excluding hydrogens is 823 g/mol. The highest BCUT2D eigenvalue weighted by Crippen LogP contribution is 2.44. The summed E-state index contributed by atoms with van der Waals surface area (Å²) < 4.78 is 32.7. The van der Waals surface area contributed by atoms with Gasteiger partial charge in [-0.15, -0.1) is 0 Å². The van der Waals surface area contributed by atoms with Crippen molar-refractivity contribution in [3.63, 3.8) is 0 Å². The summed E-state index contributed by atoms with van der Waals surface area (Å²) in [4.78, 5) is 73.2. The van der Waals surface area contributed by atoms with Gasteiger partial charge in [-0.25, -0.2) is 14.8 Å². The lowest BCUT2D eigenvalue weighted by Gasteiger charge is -2.33. The van der Waals surface area contributed by atoms with Crippen LogP contribution in [0.2, 0.25) is 0 Å². The Morgan fingerprint density at radius 1 is 0.891 bits per heavy atom. The van der Waals surface area contributed by atoms with Crippen LogP contribution >= 0.6 is 0 Å². The van der Waals surface area contributed by atoms with Gasteiger partial charge in [0.15, 0.2) is 0 Å². The summed E-state index contributed by atoms with van der Waals surface area (Å²) in [6.07, 6.45) is 2.08. The van der Waals surface area contributed by atoms with Gasteiger partial charge >= 0.3 is 12.1 Å².